The monoisotopic (exact) mass is 290 g/mol. The zero-order valence-electron chi connectivity index (χ0n) is 12.1. The van der Waals surface area contributed by atoms with Gasteiger partial charge in [0, 0.05) is 6.42 Å². The molecule has 2 rings (SSSR count). The molecule has 0 saturated heterocycles. The van der Waals surface area contributed by atoms with Crippen molar-refractivity contribution in [3.8, 4) is 0 Å². The van der Waals surface area contributed by atoms with E-state index in [1.165, 1.54) is 37.8 Å². The van der Waals surface area contributed by atoms with Crippen LogP contribution in [0.25, 0.3) is 0 Å². The molecule has 1 aromatic carbocycles. The molecule has 0 aliphatic heterocycles. The Morgan fingerprint density at radius 3 is 2.43 bits per heavy atom. The van der Waals surface area contributed by atoms with Crippen molar-refractivity contribution in [1.82, 2.24) is 0 Å². The number of carbonyl (C=O) groups excluding carboxylic acids is 1. The number of amides is 1. The molecule has 0 radical (unpaired) electrons. The van der Waals surface area contributed by atoms with Crippen LogP contribution >= 0.6 is 0 Å². The van der Waals surface area contributed by atoms with Crippen LogP contribution in [0.1, 0.15) is 55.3 Å². The first-order valence-electron chi connectivity index (χ1n) is 7.49. The zero-order chi connectivity index (χ0) is 15.2. The van der Waals surface area contributed by atoms with Crippen LogP contribution < -0.4 is 11.1 Å². The maximum atomic E-state index is 12.1. The summed E-state index contributed by atoms with van der Waals surface area (Å²) < 4.78 is 0. The molecule has 21 heavy (non-hydrogen) atoms. The predicted molar refractivity (Wildman–Crippen MR) is 82.3 cm³/mol. The lowest BCUT2D eigenvalue weighted by Gasteiger charge is -2.14. The number of hydrogen-bond acceptors (Lipinski definition) is 3. The molecular formula is C16H22N2O3. The molecule has 1 amide bonds. The molecule has 0 bridgehead atoms. The molecule has 4 N–H and O–H groups in total. The van der Waals surface area contributed by atoms with Gasteiger partial charge in [0.1, 0.15) is 0 Å². The van der Waals surface area contributed by atoms with Gasteiger partial charge in [-0.1, -0.05) is 25.7 Å². The average Bonchev–Trinajstić information content (AvgIpc) is 2.69. The van der Waals surface area contributed by atoms with E-state index in [4.69, 9.17) is 10.8 Å². The van der Waals surface area contributed by atoms with Gasteiger partial charge in [0.25, 0.3) is 0 Å². The third-order valence-corrected chi connectivity index (χ3v) is 4.02. The van der Waals surface area contributed by atoms with Gasteiger partial charge < -0.3 is 16.2 Å². The Bertz CT molecular complexity index is 520. The van der Waals surface area contributed by atoms with Crippen molar-refractivity contribution < 1.29 is 14.7 Å². The Labute approximate surface area is 124 Å². The number of aromatic carboxylic acids is 1. The summed E-state index contributed by atoms with van der Waals surface area (Å²) in [6.45, 7) is 0. The van der Waals surface area contributed by atoms with Crippen LogP contribution in [-0.2, 0) is 4.79 Å². The molecule has 5 heteroatoms. The Balaban J connectivity index is 1.94. The summed E-state index contributed by atoms with van der Waals surface area (Å²) in [5.74, 6) is -0.623. The number of carboxylic acids is 1. The number of hydrogen-bond donors (Lipinski definition) is 3. The lowest BCUT2D eigenvalue weighted by molar-refractivity contribution is -0.117. The second-order valence-electron chi connectivity index (χ2n) is 5.72. The fourth-order valence-corrected chi connectivity index (χ4v) is 2.84. The van der Waals surface area contributed by atoms with Gasteiger partial charge in [-0.05, 0) is 37.0 Å². The molecule has 0 atom stereocenters. The standard InChI is InChI=1S/C16H22N2O3/c17-13-10-12(16(20)21)7-8-14(13)18-15(19)9-11-5-3-1-2-4-6-11/h7-8,10-11H,1-6,9,17H2,(H,18,19)(H,20,21). The number of benzene rings is 1. The molecule has 0 aromatic heterocycles. The van der Waals surface area contributed by atoms with Gasteiger partial charge in [0.15, 0.2) is 0 Å². The first-order chi connectivity index (χ1) is 10.1. The van der Waals surface area contributed by atoms with Crippen molar-refractivity contribution >= 4 is 23.3 Å². The maximum absolute atomic E-state index is 12.1. The molecule has 1 saturated carbocycles. The van der Waals surface area contributed by atoms with Crippen molar-refractivity contribution in [1.29, 1.82) is 0 Å². The minimum atomic E-state index is -1.03. The average molecular weight is 290 g/mol. The summed E-state index contributed by atoms with van der Waals surface area (Å²) in [6, 6.07) is 4.35. The van der Waals surface area contributed by atoms with Gasteiger partial charge >= 0.3 is 5.97 Å². The van der Waals surface area contributed by atoms with Crippen molar-refractivity contribution in [2.24, 2.45) is 5.92 Å². The van der Waals surface area contributed by atoms with Gasteiger partial charge in [-0.25, -0.2) is 4.79 Å². The Hall–Kier alpha value is -2.04. The number of anilines is 2. The Morgan fingerprint density at radius 2 is 1.86 bits per heavy atom. The van der Waals surface area contributed by atoms with Crippen molar-refractivity contribution in [3.63, 3.8) is 0 Å². The molecule has 1 aliphatic carbocycles. The van der Waals surface area contributed by atoms with Gasteiger partial charge in [-0.2, -0.15) is 0 Å². The predicted octanol–water partition coefficient (Wildman–Crippen LogP) is 3.27. The summed E-state index contributed by atoms with van der Waals surface area (Å²) in [5.41, 5.74) is 6.67. The van der Waals surface area contributed by atoms with Crippen LogP contribution in [0.2, 0.25) is 0 Å². The van der Waals surface area contributed by atoms with Crippen LogP contribution in [-0.4, -0.2) is 17.0 Å². The summed E-state index contributed by atoms with van der Waals surface area (Å²) in [5, 5.41) is 11.7. The SMILES string of the molecule is Nc1cc(C(=O)O)ccc1NC(=O)CC1CCCCCC1. The number of rotatable bonds is 4. The van der Waals surface area contributed by atoms with Crippen LogP contribution in [0.5, 0.6) is 0 Å². The van der Waals surface area contributed by atoms with Gasteiger partial charge in [0.05, 0.1) is 16.9 Å². The number of carbonyl (C=O) groups is 2. The molecular weight excluding hydrogens is 268 g/mol. The van der Waals surface area contributed by atoms with Crippen LogP contribution in [0.3, 0.4) is 0 Å². The van der Waals surface area contributed by atoms with E-state index in [-0.39, 0.29) is 17.2 Å². The largest absolute Gasteiger partial charge is 0.478 e. The third kappa shape index (κ3) is 4.48. The smallest absolute Gasteiger partial charge is 0.335 e. The highest BCUT2D eigenvalue weighted by Crippen LogP contribution is 2.26. The van der Waals surface area contributed by atoms with Gasteiger partial charge in [-0.3, -0.25) is 4.79 Å². The molecule has 0 heterocycles. The van der Waals surface area contributed by atoms with Gasteiger partial charge in [-0.15, -0.1) is 0 Å². The van der Waals surface area contributed by atoms with E-state index in [9.17, 15) is 9.59 Å². The Kier molecular flexibility index (Phi) is 5.20. The van der Waals surface area contributed by atoms with E-state index in [1.807, 2.05) is 0 Å². The molecule has 0 unspecified atom stereocenters. The first kappa shape index (κ1) is 15.4. The molecule has 1 fully saturated rings. The van der Waals surface area contributed by atoms with Crippen molar-refractivity contribution in [2.45, 2.75) is 44.9 Å². The molecule has 1 aliphatic rings. The van der Waals surface area contributed by atoms with E-state index < -0.39 is 5.97 Å². The fraction of sp³-hybridized carbons (Fsp3) is 0.500. The quantitative estimate of drug-likeness (QED) is 0.586. The minimum absolute atomic E-state index is 0.0447. The highest BCUT2D eigenvalue weighted by molar-refractivity contribution is 5.96. The molecule has 1 aromatic rings. The second-order valence-corrected chi connectivity index (χ2v) is 5.72. The lowest BCUT2D eigenvalue weighted by atomic mass is 9.96. The number of nitrogens with two attached hydrogens (primary N) is 1. The summed E-state index contributed by atoms with van der Waals surface area (Å²) in [4.78, 5) is 22.9. The number of nitrogen functional groups attached to an aromatic ring is 1. The summed E-state index contributed by atoms with van der Waals surface area (Å²) in [6.07, 6.45) is 7.67. The number of carboxylic acid groups (broad SMARTS) is 1. The fourth-order valence-electron chi connectivity index (χ4n) is 2.84. The molecule has 0 spiro atoms. The second kappa shape index (κ2) is 7.11. The van der Waals surface area contributed by atoms with E-state index in [2.05, 4.69) is 5.32 Å². The van der Waals surface area contributed by atoms with Crippen LogP contribution in [0.15, 0.2) is 18.2 Å². The van der Waals surface area contributed by atoms with Crippen LogP contribution in [0, 0.1) is 5.92 Å². The van der Waals surface area contributed by atoms with Crippen molar-refractivity contribution in [2.75, 3.05) is 11.1 Å². The highest BCUT2D eigenvalue weighted by atomic mass is 16.4. The summed E-state index contributed by atoms with van der Waals surface area (Å²) >= 11 is 0. The zero-order valence-corrected chi connectivity index (χ0v) is 12.1. The Morgan fingerprint density at radius 1 is 1.19 bits per heavy atom. The number of nitrogens with one attached hydrogen (secondary N) is 1. The van der Waals surface area contributed by atoms with Gasteiger partial charge in [0.2, 0.25) is 5.91 Å². The van der Waals surface area contributed by atoms with E-state index >= 15 is 0 Å². The van der Waals surface area contributed by atoms with Crippen molar-refractivity contribution in [3.05, 3.63) is 23.8 Å². The van der Waals surface area contributed by atoms with E-state index in [0.717, 1.165) is 12.8 Å². The minimum Gasteiger partial charge on any atom is -0.478 e. The normalized spacial score (nSPS) is 16.2. The van der Waals surface area contributed by atoms with E-state index in [0.29, 0.717) is 18.0 Å². The topological polar surface area (TPSA) is 92.4 Å². The van der Waals surface area contributed by atoms with Crippen LogP contribution in [0.4, 0.5) is 11.4 Å². The third-order valence-electron chi connectivity index (χ3n) is 4.02. The molecule has 114 valence electrons. The first-order valence-corrected chi connectivity index (χ1v) is 7.49. The lowest BCUT2D eigenvalue weighted by Crippen LogP contribution is -2.17. The molecule has 5 nitrogen and oxygen atoms in total. The highest BCUT2D eigenvalue weighted by Gasteiger charge is 2.17. The van der Waals surface area contributed by atoms with E-state index in [1.54, 1.807) is 6.07 Å². The summed E-state index contributed by atoms with van der Waals surface area (Å²) in [7, 11) is 0. The maximum Gasteiger partial charge on any atom is 0.335 e.